The van der Waals surface area contributed by atoms with E-state index in [0.717, 1.165) is 29.9 Å². The quantitative estimate of drug-likeness (QED) is 0.725. The number of hydrogen-bond acceptors (Lipinski definition) is 4. The molecule has 2 heterocycles. The summed E-state index contributed by atoms with van der Waals surface area (Å²) in [5.74, 6) is 0.0970. The van der Waals surface area contributed by atoms with Crippen LogP contribution in [0.5, 0.6) is 0 Å². The van der Waals surface area contributed by atoms with Crippen LogP contribution in [0.25, 0.3) is 4.96 Å². The van der Waals surface area contributed by atoms with E-state index in [4.69, 9.17) is 0 Å². The summed E-state index contributed by atoms with van der Waals surface area (Å²) in [6.07, 6.45) is 4.85. The van der Waals surface area contributed by atoms with E-state index >= 15 is 0 Å². The average molecular weight is 328 g/mol. The summed E-state index contributed by atoms with van der Waals surface area (Å²) in [6, 6.07) is 8.49. The Morgan fingerprint density at radius 1 is 1.22 bits per heavy atom. The largest absolute Gasteiger partial charge is 0.356 e. The van der Waals surface area contributed by atoms with Crippen LogP contribution >= 0.6 is 11.3 Å². The van der Waals surface area contributed by atoms with Crippen molar-refractivity contribution in [3.8, 4) is 0 Å². The lowest BCUT2D eigenvalue weighted by atomic mass is 10.1. The lowest BCUT2D eigenvalue weighted by molar-refractivity contribution is -0.121. The van der Waals surface area contributed by atoms with Crippen LogP contribution in [-0.2, 0) is 24.1 Å². The fourth-order valence-electron chi connectivity index (χ4n) is 2.48. The molecule has 3 aromatic rings. The Kier molecular flexibility index (Phi) is 5.02. The van der Waals surface area contributed by atoms with E-state index in [2.05, 4.69) is 52.1 Å². The van der Waals surface area contributed by atoms with Gasteiger partial charge in [0.1, 0.15) is 6.33 Å². The average Bonchev–Trinajstić information content (AvgIpc) is 3.18. The van der Waals surface area contributed by atoms with Gasteiger partial charge in [-0.25, -0.2) is 0 Å². The van der Waals surface area contributed by atoms with Gasteiger partial charge in [-0.2, -0.15) is 0 Å². The van der Waals surface area contributed by atoms with Crippen molar-refractivity contribution in [1.29, 1.82) is 0 Å². The summed E-state index contributed by atoms with van der Waals surface area (Å²) < 4.78 is 1.96. The molecule has 6 heteroatoms. The first-order chi connectivity index (χ1) is 11.3. The van der Waals surface area contributed by atoms with Gasteiger partial charge in [-0.05, 0) is 24.0 Å². The summed E-state index contributed by atoms with van der Waals surface area (Å²) in [4.78, 5) is 12.8. The summed E-state index contributed by atoms with van der Waals surface area (Å²) in [5, 5.41) is 12.9. The summed E-state index contributed by atoms with van der Waals surface area (Å²) in [5.41, 5.74) is 3.67. The minimum Gasteiger partial charge on any atom is -0.356 e. The van der Waals surface area contributed by atoms with Gasteiger partial charge in [-0.15, -0.1) is 21.5 Å². The van der Waals surface area contributed by atoms with E-state index in [1.807, 2.05) is 4.40 Å². The van der Waals surface area contributed by atoms with Gasteiger partial charge >= 0.3 is 0 Å². The number of fused-ring (bicyclic) bond motifs is 1. The highest BCUT2D eigenvalue weighted by molar-refractivity contribution is 7.15. The first kappa shape index (κ1) is 15.7. The van der Waals surface area contributed by atoms with Crippen LogP contribution in [-0.4, -0.2) is 27.0 Å². The molecule has 5 nitrogen and oxygen atoms in total. The normalized spacial score (nSPS) is 11.0. The van der Waals surface area contributed by atoms with Gasteiger partial charge in [-0.1, -0.05) is 31.2 Å². The van der Waals surface area contributed by atoms with Crippen molar-refractivity contribution in [1.82, 2.24) is 19.9 Å². The Bertz CT molecular complexity index is 775. The van der Waals surface area contributed by atoms with Crippen molar-refractivity contribution in [2.24, 2.45) is 0 Å². The highest BCUT2D eigenvalue weighted by Crippen LogP contribution is 2.13. The number of aromatic nitrogens is 3. The van der Waals surface area contributed by atoms with Crippen LogP contribution < -0.4 is 5.32 Å². The standard InChI is InChI=1S/C17H20N4OS/c1-2-13-3-5-14(6-4-13)7-8-16(22)18-10-9-15-11-23-17-20-19-12-21(15)17/h3-6,11-12H,2,7-10H2,1H3,(H,18,22). The molecule has 0 saturated heterocycles. The number of rotatable bonds is 7. The molecule has 23 heavy (non-hydrogen) atoms. The van der Waals surface area contributed by atoms with Gasteiger partial charge in [0, 0.05) is 30.5 Å². The smallest absolute Gasteiger partial charge is 0.220 e. The van der Waals surface area contributed by atoms with E-state index in [9.17, 15) is 4.79 Å². The maximum atomic E-state index is 11.9. The number of carbonyl (C=O) groups is 1. The van der Waals surface area contributed by atoms with Gasteiger partial charge in [0.15, 0.2) is 0 Å². The number of aryl methyl sites for hydroxylation is 2. The van der Waals surface area contributed by atoms with Gasteiger partial charge in [0.25, 0.3) is 0 Å². The Morgan fingerprint density at radius 2 is 2.00 bits per heavy atom. The minimum atomic E-state index is 0.0970. The molecule has 0 saturated carbocycles. The molecule has 3 rings (SSSR count). The highest BCUT2D eigenvalue weighted by atomic mass is 32.1. The van der Waals surface area contributed by atoms with Crippen molar-refractivity contribution in [3.05, 3.63) is 52.8 Å². The van der Waals surface area contributed by atoms with E-state index < -0.39 is 0 Å². The number of carbonyl (C=O) groups excluding carboxylic acids is 1. The molecule has 1 amide bonds. The second kappa shape index (κ2) is 7.37. The minimum absolute atomic E-state index is 0.0970. The number of hydrogen-bond donors (Lipinski definition) is 1. The van der Waals surface area contributed by atoms with Crippen LogP contribution in [0.4, 0.5) is 0 Å². The van der Waals surface area contributed by atoms with Crippen molar-refractivity contribution in [2.45, 2.75) is 32.6 Å². The molecule has 0 radical (unpaired) electrons. The topological polar surface area (TPSA) is 59.3 Å². The highest BCUT2D eigenvalue weighted by Gasteiger charge is 2.06. The number of nitrogens with zero attached hydrogens (tertiary/aromatic N) is 3. The van der Waals surface area contributed by atoms with Crippen LogP contribution in [0.3, 0.4) is 0 Å². The van der Waals surface area contributed by atoms with Crippen LogP contribution in [0.2, 0.25) is 0 Å². The maximum absolute atomic E-state index is 11.9. The Balaban J connectivity index is 1.41. The first-order valence-electron chi connectivity index (χ1n) is 7.87. The van der Waals surface area contributed by atoms with Gasteiger partial charge in [0.05, 0.1) is 0 Å². The molecule has 0 unspecified atom stereocenters. The van der Waals surface area contributed by atoms with Crippen molar-refractivity contribution in [2.75, 3.05) is 6.54 Å². The first-order valence-corrected chi connectivity index (χ1v) is 8.75. The number of thiazole rings is 1. The maximum Gasteiger partial charge on any atom is 0.220 e. The zero-order valence-corrected chi connectivity index (χ0v) is 14.0. The molecule has 0 aliphatic rings. The molecule has 0 aliphatic carbocycles. The third kappa shape index (κ3) is 3.96. The van der Waals surface area contributed by atoms with Crippen LogP contribution in [0, 0.1) is 0 Å². The molecular formula is C17H20N4OS. The number of amides is 1. The molecule has 2 aromatic heterocycles. The third-order valence-electron chi connectivity index (χ3n) is 3.90. The second-order valence-corrected chi connectivity index (χ2v) is 6.32. The third-order valence-corrected chi connectivity index (χ3v) is 4.78. The molecule has 1 aromatic carbocycles. The Morgan fingerprint density at radius 3 is 2.78 bits per heavy atom. The van der Waals surface area contributed by atoms with E-state index in [0.29, 0.717) is 13.0 Å². The summed E-state index contributed by atoms with van der Waals surface area (Å²) in [6.45, 7) is 2.78. The van der Waals surface area contributed by atoms with Crippen LogP contribution in [0.15, 0.2) is 36.0 Å². The van der Waals surface area contributed by atoms with Gasteiger partial charge in [-0.3, -0.25) is 9.20 Å². The molecule has 0 bridgehead atoms. The van der Waals surface area contributed by atoms with Gasteiger partial charge < -0.3 is 5.32 Å². The van der Waals surface area contributed by atoms with Crippen molar-refractivity contribution in [3.63, 3.8) is 0 Å². The van der Waals surface area contributed by atoms with Crippen LogP contribution in [0.1, 0.15) is 30.2 Å². The lowest BCUT2D eigenvalue weighted by Crippen LogP contribution is -2.26. The molecular weight excluding hydrogens is 308 g/mol. The summed E-state index contributed by atoms with van der Waals surface area (Å²) >= 11 is 1.57. The van der Waals surface area contributed by atoms with E-state index in [1.165, 1.54) is 11.1 Å². The molecule has 0 fully saturated rings. The summed E-state index contributed by atoms with van der Waals surface area (Å²) in [7, 11) is 0. The number of nitrogens with one attached hydrogen (secondary N) is 1. The molecule has 1 N–H and O–H groups in total. The van der Waals surface area contributed by atoms with Crippen molar-refractivity contribution < 1.29 is 4.79 Å². The van der Waals surface area contributed by atoms with E-state index in [1.54, 1.807) is 17.7 Å². The monoisotopic (exact) mass is 328 g/mol. The predicted molar refractivity (Wildman–Crippen MR) is 91.7 cm³/mol. The molecule has 0 aliphatic heterocycles. The van der Waals surface area contributed by atoms with Crippen molar-refractivity contribution >= 4 is 22.2 Å². The zero-order chi connectivity index (χ0) is 16.1. The Labute approximate surface area is 139 Å². The molecule has 0 atom stereocenters. The SMILES string of the molecule is CCc1ccc(CCC(=O)NCCc2csc3nncn23)cc1. The Hall–Kier alpha value is -2.21. The number of benzene rings is 1. The second-order valence-electron chi connectivity index (χ2n) is 5.48. The predicted octanol–water partition coefficient (Wildman–Crippen LogP) is 2.64. The zero-order valence-electron chi connectivity index (χ0n) is 13.2. The fourth-order valence-corrected chi connectivity index (χ4v) is 3.32. The lowest BCUT2D eigenvalue weighted by Gasteiger charge is -2.05. The fraction of sp³-hybridized carbons (Fsp3) is 0.353. The molecule has 0 spiro atoms. The van der Waals surface area contributed by atoms with Gasteiger partial charge in [0.2, 0.25) is 10.9 Å². The molecule has 120 valence electrons. The van der Waals surface area contributed by atoms with E-state index in [-0.39, 0.29) is 5.91 Å².